The van der Waals surface area contributed by atoms with Crippen molar-refractivity contribution in [2.24, 2.45) is 7.05 Å². The zero-order chi connectivity index (χ0) is 24.9. The van der Waals surface area contributed by atoms with Gasteiger partial charge in [0.05, 0.1) is 12.2 Å². The Morgan fingerprint density at radius 1 is 1.06 bits per heavy atom. The van der Waals surface area contributed by atoms with Crippen LogP contribution in [0.1, 0.15) is 33.3 Å². The fraction of sp³-hybridized carbons (Fsp3) is 0.407. The standard InChI is InChI=1S/C27H33N3O5/c1-4-34-27(33)25-19(2)28(3)24-11-10-22(16-23(24)25)35-18-21(31)17-29-12-14-30(15-13-29)26(32)20-8-6-5-7-9-20/h5-11,16,21,31H,4,12-15,17-18H2,1-3H3. The monoisotopic (exact) mass is 479 g/mol. The van der Waals surface area contributed by atoms with E-state index in [1.807, 2.05) is 72.0 Å². The smallest absolute Gasteiger partial charge is 0.340 e. The number of aliphatic hydroxyl groups excluding tert-OH is 1. The molecule has 3 aromatic rings. The number of rotatable bonds is 8. The van der Waals surface area contributed by atoms with E-state index in [1.165, 1.54) is 0 Å². The van der Waals surface area contributed by atoms with Crippen LogP contribution in [0, 0.1) is 6.92 Å². The molecule has 186 valence electrons. The lowest BCUT2D eigenvalue weighted by atomic mass is 10.1. The topological polar surface area (TPSA) is 84.2 Å². The Bertz CT molecular complexity index is 1180. The highest BCUT2D eigenvalue weighted by Crippen LogP contribution is 2.29. The van der Waals surface area contributed by atoms with Gasteiger partial charge in [-0.15, -0.1) is 0 Å². The second kappa shape index (κ2) is 10.9. The number of ether oxygens (including phenoxy) is 2. The van der Waals surface area contributed by atoms with Crippen LogP contribution in [0.5, 0.6) is 5.75 Å². The molecule has 0 spiro atoms. The molecule has 8 heteroatoms. The Kier molecular flexibility index (Phi) is 7.73. The van der Waals surface area contributed by atoms with Crippen LogP contribution in [0.25, 0.3) is 10.9 Å². The zero-order valence-corrected chi connectivity index (χ0v) is 20.6. The van der Waals surface area contributed by atoms with Gasteiger partial charge in [0.15, 0.2) is 0 Å². The second-order valence-corrected chi connectivity index (χ2v) is 8.84. The molecule has 0 radical (unpaired) electrons. The van der Waals surface area contributed by atoms with Gasteiger partial charge < -0.3 is 24.0 Å². The van der Waals surface area contributed by atoms with Crippen molar-refractivity contribution >= 4 is 22.8 Å². The summed E-state index contributed by atoms with van der Waals surface area (Å²) in [7, 11) is 1.91. The van der Waals surface area contributed by atoms with Gasteiger partial charge in [-0.3, -0.25) is 9.69 Å². The largest absolute Gasteiger partial charge is 0.491 e. The van der Waals surface area contributed by atoms with Gasteiger partial charge in [-0.2, -0.15) is 0 Å². The van der Waals surface area contributed by atoms with Gasteiger partial charge in [0.1, 0.15) is 18.5 Å². The summed E-state index contributed by atoms with van der Waals surface area (Å²) in [5.74, 6) is 0.284. The number of fused-ring (bicyclic) bond motifs is 1. The quantitative estimate of drug-likeness (QED) is 0.500. The first-order chi connectivity index (χ1) is 16.9. The van der Waals surface area contributed by atoms with E-state index in [2.05, 4.69) is 4.90 Å². The molecule has 1 aliphatic heterocycles. The molecule has 8 nitrogen and oxygen atoms in total. The predicted molar refractivity (Wildman–Crippen MR) is 134 cm³/mol. The summed E-state index contributed by atoms with van der Waals surface area (Å²) in [5, 5.41) is 11.3. The van der Waals surface area contributed by atoms with Crippen LogP contribution in [0.2, 0.25) is 0 Å². The average Bonchev–Trinajstić information content (AvgIpc) is 3.12. The molecule has 1 atom stereocenters. The average molecular weight is 480 g/mol. The van der Waals surface area contributed by atoms with E-state index in [0.717, 1.165) is 16.6 Å². The molecule has 2 aromatic carbocycles. The molecule has 0 bridgehead atoms. The molecule has 2 heterocycles. The summed E-state index contributed by atoms with van der Waals surface area (Å²) in [4.78, 5) is 29.1. The molecule has 1 N–H and O–H groups in total. The molecule has 4 rings (SSSR count). The molecular formula is C27H33N3O5. The highest BCUT2D eigenvalue weighted by molar-refractivity contribution is 6.06. The Morgan fingerprint density at radius 2 is 1.77 bits per heavy atom. The van der Waals surface area contributed by atoms with Gasteiger partial charge in [-0.1, -0.05) is 18.2 Å². The molecule has 1 fully saturated rings. The fourth-order valence-corrected chi connectivity index (χ4v) is 4.54. The maximum Gasteiger partial charge on any atom is 0.340 e. The highest BCUT2D eigenvalue weighted by Gasteiger charge is 2.24. The number of nitrogens with zero attached hydrogens (tertiary/aromatic N) is 3. The number of aliphatic hydroxyl groups is 1. The number of piperazine rings is 1. The van der Waals surface area contributed by atoms with Crippen molar-refractivity contribution in [3.05, 3.63) is 65.4 Å². The van der Waals surface area contributed by atoms with Crippen LogP contribution < -0.4 is 4.74 Å². The van der Waals surface area contributed by atoms with Gasteiger partial charge >= 0.3 is 5.97 Å². The minimum absolute atomic E-state index is 0.0443. The van der Waals surface area contributed by atoms with E-state index >= 15 is 0 Å². The number of aromatic nitrogens is 1. The number of hydrogen-bond acceptors (Lipinski definition) is 6. The predicted octanol–water partition coefficient (Wildman–Crippen LogP) is 2.86. The van der Waals surface area contributed by atoms with Crippen LogP contribution in [0.4, 0.5) is 0 Å². The van der Waals surface area contributed by atoms with Gasteiger partial charge in [0.25, 0.3) is 5.91 Å². The lowest BCUT2D eigenvalue weighted by Gasteiger charge is -2.35. The van der Waals surface area contributed by atoms with E-state index in [1.54, 1.807) is 6.92 Å². The van der Waals surface area contributed by atoms with Crippen molar-refractivity contribution < 1.29 is 24.2 Å². The Hall–Kier alpha value is -3.36. The lowest BCUT2D eigenvalue weighted by Crippen LogP contribution is -2.50. The first kappa shape index (κ1) is 24.8. The Labute approximate surface area is 205 Å². The zero-order valence-electron chi connectivity index (χ0n) is 20.6. The SMILES string of the molecule is CCOC(=O)c1c(C)n(C)c2ccc(OCC(O)CN3CCN(C(=O)c4ccccc4)CC3)cc12. The molecule has 1 amide bonds. The van der Waals surface area contributed by atoms with E-state index in [0.29, 0.717) is 56.2 Å². The summed E-state index contributed by atoms with van der Waals surface area (Å²) >= 11 is 0. The summed E-state index contributed by atoms with van der Waals surface area (Å²) in [6.07, 6.45) is -0.677. The van der Waals surface area contributed by atoms with Crippen molar-refractivity contribution in [3.63, 3.8) is 0 Å². The van der Waals surface area contributed by atoms with Crippen molar-refractivity contribution in [2.45, 2.75) is 20.0 Å². The molecule has 1 aromatic heterocycles. The third-order valence-corrected chi connectivity index (χ3v) is 6.53. The Balaban J connectivity index is 1.31. The number of β-amino-alcohol motifs (C(OH)–C–C–N with tert-alkyl or cyclic N) is 1. The fourth-order valence-electron chi connectivity index (χ4n) is 4.54. The van der Waals surface area contributed by atoms with Crippen LogP contribution in [0.15, 0.2) is 48.5 Å². The van der Waals surface area contributed by atoms with Crippen molar-refractivity contribution in [1.82, 2.24) is 14.4 Å². The second-order valence-electron chi connectivity index (χ2n) is 8.84. The molecule has 1 saturated heterocycles. The maximum absolute atomic E-state index is 12.6. The molecule has 1 aliphatic rings. The minimum atomic E-state index is -0.677. The van der Waals surface area contributed by atoms with Crippen molar-refractivity contribution in [3.8, 4) is 5.75 Å². The normalized spacial score (nSPS) is 15.3. The molecular weight excluding hydrogens is 446 g/mol. The van der Waals surface area contributed by atoms with Gasteiger partial charge in [0.2, 0.25) is 0 Å². The van der Waals surface area contributed by atoms with Crippen molar-refractivity contribution in [2.75, 3.05) is 45.9 Å². The summed E-state index contributed by atoms with van der Waals surface area (Å²) in [6, 6.07) is 14.9. The van der Waals surface area contributed by atoms with Crippen LogP contribution in [-0.4, -0.2) is 83.4 Å². The molecule has 1 unspecified atom stereocenters. The van der Waals surface area contributed by atoms with Crippen LogP contribution in [-0.2, 0) is 11.8 Å². The van der Waals surface area contributed by atoms with Gasteiger partial charge in [-0.05, 0) is 44.2 Å². The number of carbonyl (C=O) groups excluding carboxylic acids is 2. The van der Waals surface area contributed by atoms with E-state index in [-0.39, 0.29) is 18.5 Å². The first-order valence-corrected chi connectivity index (χ1v) is 12.0. The van der Waals surface area contributed by atoms with Gasteiger partial charge in [-0.25, -0.2) is 4.79 Å². The number of benzene rings is 2. The molecule has 0 saturated carbocycles. The van der Waals surface area contributed by atoms with Crippen LogP contribution >= 0.6 is 0 Å². The third kappa shape index (κ3) is 5.49. The number of aryl methyl sites for hydroxylation is 1. The van der Waals surface area contributed by atoms with Crippen LogP contribution in [0.3, 0.4) is 0 Å². The van der Waals surface area contributed by atoms with E-state index < -0.39 is 6.10 Å². The summed E-state index contributed by atoms with van der Waals surface area (Å²) in [5.41, 5.74) is 2.99. The number of hydrogen-bond donors (Lipinski definition) is 1. The lowest BCUT2D eigenvalue weighted by molar-refractivity contribution is 0.0403. The van der Waals surface area contributed by atoms with E-state index in [4.69, 9.17) is 9.47 Å². The first-order valence-electron chi connectivity index (χ1n) is 12.0. The number of esters is 1. The summed E-state index contributed by atoms with van der Waals surface area (Å²) < 4.78 is 13.1. The Morgan fingerprint density at radius 3 is 2.46 bits per heavy atom. The number of amides is 1. The third-order valence-electron chi connectivity index (χ3n) is 6.53. The minimum Gasteiger partial charge on any atom is -0.491 e. The number of carbonyl (C=O) groups is 2. The van der Waals surface area contributed by atoms with Gasteiger partial charge in [0, 0.05) is 61.9 Å². The molecule has 35 heavy (non-hydrogen) atoms. The highest BCUT2D eigenvalue weighted by atomic mass is 16.5. The maximum atomic E-state index is 12.6. The van der Waals surface area contributed by atoms with Crippen molar-refractivity contribution in [1.29, 1.82) is 0 Å². The van der Waals surface area contributed by atoms with E-state index in [9.17, 15) is 14.7 Å². The summed E-state index contributed by atoms with van der Waals surface area (Å²) in [6.45, 7) is 7.25. The molecule has 0 aliphatic carbocycles.